The molecule has 2 unspecified atom stereocenters. The van der Waals surface area contributed by atoms with Gasteiger partial charge in [-0.25, -0.2) is 9.97 Å². The van der Waals surface area contributed by atoms with Crippen molar-refractivity contribution in [1.82, 2.24) is 14.9 Å². The Labute approximate surface area is 93.3 Å². The van der Waals surface area contributed by atoms with Crippen molar-refractivity contribution in [3.8, 4) is 0 Å². The van der Waals surface area contributed by atoms with Gasteiger partial charge in [0.1, 0.15) is 6.33 Å². The van der Waals surface area contributed by atoms with Crippen LogP contribution in [0.2, 0.25) is 0 Å². The zero-order valence-corrected chi connectivity index (χ0v) is 9.18. The first kappa shape index (κ1) is 10.4. The average Bonchev–Trinajstić information content (AvgIpc) is 2.58. The van der Waals surface area contributed by atoms with E-state index in [0.717, 1.165) is 6.42 Å². The second-order valence-electron chi connectivity index (χ2n) is 3.77. The van der Waals surface area contributed by atoms with Crippen LogP contribution in [0.4, 0.5) is 0 Å². The quantitative estimate of drug-likeness (QED) is 0.678. The number of carbonyl (C=O) groups is 1. The number of halogens is 1. The van der Waals surface area contributed by atoms with Crippen LogP contribution in [0.1, 0.15) is 23.7 Å². The summed E-state index contributed by atoms with van der Waals surface area (Å²) in [6, 6.07) is 0.195. The highest BCUT2D eigenvalue weighted by Crippen LogP contribution is 2.23. The molecule has 0 spiro atoms. The Morgan fingerprint density at radius 3 is 2.73 bits per heavy atom. The number of carbonyl (C=O) groups excluding carboxylic acids is 1. The molecule has 2 heterocycles. The zero-order chi connectivity index (χ0) is 10.8. The molecule has 4 nitrogen and oxygen atoms in total. The van der Waals surface area contributed by atoms with E-state index in [2.05, 4.69) is 9.97 Å². The molecule has 1 aliphatic heterocycles. The number of nitrogens with zero attached hydrogens (tertiary/aromatic N) is 3. The lowest BCUT2D eigenvalue weighted by Gasteiger charge is -2.20. The Kier molecular flexibility index (Phi) is 2.86. The molecule has 0 radical (unpaired) electrons. The van der Waals surface area contributed by atoms with Crippen LogP contribution in [0.15, 0.2) is 18.7 Å². The van der Waals surface area contributed by atoms with Gasteiger partial charge in [-0.05, 0) is 13.3 Å². The normalized spacial score (nSPS) is 25.6. The molecule has 5 heteroatoms. The lowest BCUT2D eigenvalue weighted by atomic mass is 10.2. The minimum absolute atomic E-state index is 0.0359. The molecular weight excluding hydrogens is 214 g/mol. The highest BCUT2D eigenvalue weighted by Gasteiger charge is 2.31. The summed E-state index contributed by atoms with van der Waals surface area (Å²) < 4.78 is 0. The van der Waals surface area contributed by atoms with Gasteiger partial charge in [0.15, 0.2) is 0 Å². The SMILES string of the molecule is CC1CC(Cl)CN1C(=O)c1cncnc1. The first-order valence-electron chi connectivity index (χ1n) is 4.88. The van der Waals surface area contributed by atoms with Gasteiger partial charge < -0.3 is 4.90 Å². The summed E-state index contributed by atoms with van der Waals surface area (Å²) >= 11 is 6.01. The Hall–Kier alpha value is -1.16. The number of hydrogen-bond acceptors (Lipinski definition) is 3. The second kappa shape index (κ2) is 4.14. The fourth-order valence-corrected chi connectivity index (χ4v) is 2.23. The van der Waals surface area contributed by atoms with Crippen LogP contribution in [0.5, 0.6) is 0 Å². The van der Waals surface area contributed by atoms with E-state index >= 15 is 0 Å². The monoisotopic (exact) mass is 225 g/mol. The smallest absolute Gasteiger partial charge is 0.257 e. The van der Waals surface area contributed by atoms with E-state index in [1.807, 2.05) is 6.92 Å². The number of likely N-dealkylation sites (tertiary alicyclic amines) is 1. The Morgan fingerprint density at radius 1 is 1.53 bits per heavy atom. The van der Waals surface area contributed by atoms with Gasteiger partial charge in [0.25, 0.3) is 5.91 Å². The van der Waals surface area contributed by atoms with Crippen LogP contribution in [-0.4, -0.2) is 38.7 Å². The largest absolute Gasteiger partial charge is 0.334 e. The van der Waals surface area contributed by atoms with E-state index in [-0.39, 0.29) is 17.3 Å². The third kappa shape index (κ3) is 2.09. The van der Waals surface area contributed by atoms with E-state index < -0.39 is 0 Å². The van der Waals surface area contributed by atoms with Crippen molar-refractivity contribution in [2.24, 2.45) is 0 Å². The summed E-state index contributed by atoms with van der Waals surface area (Å²) in [5, 5.41) is 0.0635. The van der Waals surface area contributed by atoms with Crippen LogP contribution < -0.4 is 0 Å². The molecule has 15 heavy (non-hydrogen) atoms. The van der Waals surface area contributed by atoms with Gasteiger partial charge in [-0.2, -0.15) is 0 Å². The molecule has 2 atom stereocenters. The Bertz CT molecular complexity index is 357. The number of hydrogen-bond donors (Lipinski definition) is 0. The van der Waals surface area contributed by atoms with Crippen molar-refractivity contribution < 1.29 is 4.79 Å². The number of rotatable bonds is 1. The molecule has 0 N–H and O–H groups in total. The number of amides is 1. The molecule has 1 aromatic heterocycles. The van der Waals surface area contributed by atoms with Crippen LogP contribution in [0.25, 0.3) is 0 Å². The van der Waals surface area contributed by atoms with Gasteiger partial charge in [-0.3, -0.25) is 4.79 Å². The van der Waals surface area contributed by atoms with Gasteiger partial charge in [0.05, 0.1) is 10.9 Å². The predicted molar refractivity (Wildman–Crippen MR) is 56.8 cm³/mol. The Balaban J connectivity index is 2.15. The van der Waals surface area contributed by atoms with E-state index in [1.165, 1.54) is 18.7 Å². The maximum Gasteiger partial charge on any atom is 0.257 e. The molecule has 0 saturated carbocycles. The molecule has 0 aliphatic carbocycles. The van der Waals surface area contributed by atoms with E-state index in [1.54, 1.807) is 4.90 Å². The molecule has 0 aromatic carbocycles. The molecule has 1 fully saturated rings. The van der Waals surface area contributed by atoms with Crippen molar-refractivity contribution in [3.05, 3.63) is 24.3 Å². The van der Waals surface area contributed by atoms with Crippen molar-refractivity contribution in [2.75, 3.05) is 6.54 Å². The maximum absolute atomic E-state index is 12.0. The van der Waals surface area contributed by atoms with E-state index in [9.17, 15) is 4.79 Å². The molecule has 1 aromatic rings. The summed E-state index contributed by atoms with van der Waals surface area (Å²) in [6.45, 7) is 2.61. The highest BCUT2D eigenvalue weighted by atomic mass is 35.5. The van der Waals surface area contributed by atoms with Crippen molar-refractivity contribution in [1.29, 1.82) is 0 Å². The van der Waals surface area contributed by atoms with Gasteiger partial charge in [-0.1, -0.05) is 0 Å². The third-order valence-corrected chi connectivity index (χ3v) is 2.91. The van der Waals surface area contributed by atoms with Gasteiger partial charge in [0, 0.05) is 25.0 Å². The molecule has 2 rings (SSSR count). The Morgan fingerprint density at radius 2 is 2.20 bits per heavy atom. The van der Waals surface area contributed by atoms with Gasteiger partial charge >= 0.3 is 0 Å². The fourth-order valence-electron chi connectivity index (χ4n) is 1.82. The molecule has 1 amide bonds. The van der Waals surface area contributed by atoms with Crippen LogP contribution in [-0.2, 0) is 0 Å². The van der Waals surface area contributed by atoms with Crippen molar-refractivity contribution in [2.45, 2.75) is 24.8 Å². The standard InChI is InChI=1S/C10H12ClN3O/c1-7-2-9(11)5-14(7)10(15)8-3-12-6-13-4-8/h3-4,6-7,9H,2,5H2,1H3. The molecule has 1 saturated heterocycles. The number of aromatic nitrogens is 2. The minimum Gasteiger partial charge on any atom is -0.334 e. The van der Waals surface area contributed by atoms with E-state index in [0.29, 0.717) is 12.1 Å². The molecule has 80 valence electrons. The average molecular weight is 226 g/mol. The lowest BCUT2D eigenvalue weighted by Crippen LogP contribution is -2.34. The first-order valence-corrected chi connectivity index (χ1v) is 5.32. The predicted octanol–water partition coefficient (Wildman–Crippen LogP) is 1.32. The lowest BCUT2D eigenvalue weighted by molar-refractivity contribution is 0.0747. The fraction of sp³-hybridized carbons (Fsp3) is 0.500. The van der Waals surface area contributed by atoms with Crippen molar-refractivity contribution in [3.63, 3.8) is 0 Å². The summed E-state index contributed by atoms with van der Waals surface area (Å²) in [5.41, 5.74) is 0.523. The zero-order valence-electron chi connectivity index (χ0n) is 8.43. The minimum atomic E-state index is -0.0359. The summed E-state index contributed by atoms with van der Waals surface area (Å²) in [4.78, 5) is 21.4. The summed E-state index contributed by atoms with van der Waals surface area (Å²) in [7, 11) is 0. The van der Waals surface area contributed by atoms with E-state index in [4.69, 9.17) is 11.6 Å². The first-order chi connectivity index (χ1) is 7.18. The topological polar surface area (TPSA) is 46.1 Å². The molecule has 0 bridgehead atoms. The molecular formula is C10H12ClN3O. The van der Waals surface area contributed by atoms with Crippen LogP contribution >= 0.6 is 11.6 Å². The highest BCUT2D eigenvalue weighted by molar-refractivity contribution is 6.21. The van der Waals surface area contributed by atoms with Crippen LogP contribution in [0, 0.1) is 0 Å². The van der Waals surface area contributed by atoms with Gasteiger partial charge in [0.2, 0.25) is 0 Å². The second-order valence-corrected chi connectivity index (χ2v) is 4.38. The molecule has 1 aliphatic rings. The van der Waals surface area contributed by atoms with Crippen molar-refractivity contribution >= 4 is 17.5 Å². The summed E-state index contributed by atoms with van der Waals surface area (Å²) in [5.74, 6) is -0.0359. The third-order valence-electron chi connectivity index (χ3n) is 2.59. The maximum atomic E-state index is 12.0. The summed E-state index contributed by atoms with van der Waals surface area (Å²) in [6.07, 6.45) is 5.32. The van der Waals surface area contributed by atoms with Gasteiger partial charge in [-0.15, -0.1) is 11.6 Å². The number of alkyl halides is 1. The van der Waals surface area contributed by atoms with Crippen LogP contribution in [0.3, 0.4) is 0 Å².